The molecular weight excluding hydrogens is 216 g/mol. The third-order valence-corrected chi connectivity index (χ3v) is 3.75. The Balaban J connectivity index is 1.84. The quantitative estimate of drug-likeness (QED) is 0.809. The molecule has 2 heterocycles. The Labute approximate surface area is 101 Å². The molecule has 3 heteroatoms. The van der Waals surface area contributed by atoms with Gasteiger partial charge in [-0.3, -0.25) is 0 Å². The Hall–Kier alpha value is -1.06. The number of aliphatic hydroxyl groups excluding tert-OH is 1. The third kappa shape index (κ3) is 2.05. The maximum absolute atomic E-state index is 10.2. The largest absolute Gasteiger partial charge is 0.490 e. The van der Waals surface area contributed by atoms with Gasteiger partial charge in [-0.1, -0.05) is 11.6 Å². The molecule has 1 N–H and O–H groups in total. The van der Waals surface area contributed by atoms with Crippen LogP contribution in [0.2, 0.25) is 0 Å². The van der Waals surface area contributed by atoms with Gasteiger partial charge in [-0.2, -0.15) is 0 Å². The number of ether oxygens (including phenoxy) is 2. The van der Waals surface area contributed by atoms with Crippen molar-refractivity contribution in [3.63, 3.8) is 0 Å². The maximum Gasteiger partial charge on any atom is 0.125 e. The molecule has 0 aromatic heterocycles. The van der Waals surface area contributed by atoms with Crippen LogP contribution in [0.5, 0.6) is 5.75 Å². The van der Waals surface area contributed by atoms with Gasteiger partial charge in [0, 0.05) is 24.5 Å². The first kappa shape index (κ1) is 11.1. The van der Waals surface area contributed by atoms with E-state index in [-0.39, 0.29) is 6.10 Å². The summed E-state index contributed by atoms with van der Waals surface area (Å²) in [6.45, 7) is 3.61. The first-order valence-electron chi connectivity index (χ1n) is 6.27. The molecule has 0 bridgehead atoms. The summed E-state index contributed by atoms with van der Waals surface area (Å²) in [5.74, 6) is 1.27. The number of rotatable bonds is 1. The SMILES string of the molecule is Cc1ccc2c(c1)[C@H](O)CC(C1CCOC1)O2. The number of benzene rings is 1. The van der Waals surface area contributed by atoms with Crippen molar-refractivity contribution in [2.45, 2.75) is 32.0 Å². The van der Waals surface area contributed by atoms with Gasteiger partial charge in [0.15, 0.2) is 0 Å². The fraction of sp³-hybridized carbons (Fsp3) is 0.571. The second-order valence-electron chi connectivity index (χ2n) is 5.07. The topological polar surface area (TPSA) is 38.7 Å². The Morgan fingerprint density at radius 3 is 3.00 bits per heavy atom. The highest BCUT2D eigenvalue weighted by atomic mass is 16.5. The molecule has 1 fully saturated rings. The molecule has 2 aliphatic rings. The van der Waals surface area contributed by atoms with Gasteiger partial charge in [-0.25, -0.2) is 0 Å². The molecule has 2 aliphatic heterocycles. The average molecular weight is 234 g/mol. The average Bonchev–Trinajstić information content (AvgIpc) is 2.83. The Morgan fingerprint density at radius 2 is 2.24 bits per heavy atom. The van der Waals surface area contributed by atoms with Crippen LogP contribution < -0.4 is 4.74 Å². The highest BCUT2D eigenvalue weighted by Crippen LogP contribution is 2.38. The molecule has 0 spiro atoms. The van der Waals surface area contributed by atoms with E-state index in [1.807, 2.05) is 25.1 Å². The lowest BCUT2D eigenvalue weighted by atomic mass is 9.90. The van der Waals surface area contributed by atoms with Gasteiger partial charge in [0.1, 0.15) is 11.9 Å². The molecule has 0 saturated carbocycles. The zero-order chi connectivity index (χ0) is 11.8. The highest BCUT2D eigenvalue weighted by molar-refractivity contribution is 5.40. The van der Waals surface area contributed by atoms with E-state index in [1.54, 1.807) is 0 Å². The van der Waals surface area contributed by atoms with Crippen molar-refractivity contribution in [1.29, 1.82) is 0 Å². The molecule has 1 aromatic carbocycles. The van der Waals surface area contributed by atoms with Crippen molar-refractivity contribution >= 4 is 0 Å². The molecule has 92 valence electrons. The normalized spacial score (nSPS) is 32.0. The summed E-state index contributed by atoms with van der Waals surface area (Å²) in [4.78, 5) is 0. The standard InChI is InChI=1S/C14H18O3/c1-9-2-3-13-11(6-9)12(15)7-14(17-13)10-4-5-16-8-10/h2-3,6,10,12,14-15H,4-5,7-8H2,1H3/t10?,12-,14?/m1/s1. The van der Waals surface area contributed by atoms with E-state index >= 15 is 0 Å². The lowest BCUT2D eigenvalue weighted by molar-refractivity contribution is 0.0302. The van der Waals surface area contributed by atoms with Crippen molar-refractivity contribution < 1.29 is 14.6 Å². The van der Waals surface area contributed by atoms with E-state index in [0.29, 0.717) is 12.3 Å². The van der Waals surface area contributed by atoms with E-state index in [0.717, 1.165) is 36.5 Å². The summed E-state index contributed by atoms with van der Waals surface area (Å²) in [7, 11) is 0. The third-order valence-electron chi connectivity index (χ3n) is 3.75. The summed E-state index contributed by atoms with van der Waals surface area (Å²) in [5, 5.41) is 10.2. The first-order chi connectivity index (χ1) is 8.24. The van der Waals surface area contributed by atoms with Gasteiger partial charge in [-0.15, -0.1) is 0 Å². The smallest absolute Gasteiger partial charge is 0.125 e. The molecule has 0 aliphatic carbocycles. The molecule has 0 radical (unpaired) electrons. The van der Waals surface area contributed by atoms with Crippen molar-refractivity contribution in [2.75, 3.05) is 13.2 Å². The molecule has 3 rings (SSSR count). The number of aryl methyl sites for hydroxylation is 1. The van der Waals surface area contributed by atoms with Gasteiger partial charge in [0.2, 0.25) is 0 Å². The lowest BCUT2D eigenvalue weighted by Crippen LogP contribution is -2.33. The van der Waals surface area contributed by atoms with E-state index in [4.69, 9.17) is 9.47 Å². The fourth-order valence-electron chi connectivity index (χ4n) is 2.73. The van der Waals surface area contributed by atoms with Crippen molar-refractivity contribution in [3.05, 3.63) is 29.3 Å². The summed E-state index contributed by atoms with van der Waals surface area (Å²) in [6, 6.07) is 6.01. The minimum Gasteiger partial charge on any atom is -0.490 e. The van der Waals surface area contributed by atoms with E-state index in [9.17, 15) is 5.11 Å². The van der Waals surface area contributed by atoms with Gasteiger partial charge >= 0.3 is 0 Å². The summed E-state index contributed by atoms with van der Waals surface area (Å²) < 4.78 is 11.4. The Morgan fingerprint density at radius 1 is 1.35 bits per heavy atom. The predicted molar refractivity (Wildman–Crippen MR) is 64.1 cm³/mol. The van der Waals surface area contributed by atoms with Crippen LogP contribution in [-0.4, -0.2) is 24.4 Å². The molecule has 1 saturated heterocycles. The first-order valence-corrected chi connectivity index (χ1v) is 6.27. The maximum atomic E-state index is 10.2. The van der Waals surface area contributed by atoms with Crippen LogP contribution in [0.25, 0.3) is 0 Å². The molecule has 17 heavy (non-hydrogen) atoms. The minimum atomic E-state index is -0.399. The summed E-state index contributed by atoms with van der Waals surface area (Å²) in [5.41, 5.74) is 2.09. The number of fused-ring (bicyclic) bond motifs is 1. The summed E-state index contributed by atoms with van der Waals surface area (Å²) >= 11 is 0. The van der Waals surface area contributed by atoms with Crippen LogP contribution >= 0.6 is 0 Å². The lowest BCUT2D eigenvalue weighted by Gasteiger charge is -2.32. The van der Waals surface area contributed by atoms with Crippen LogP contribution in [0, 0.1) is 12.8 Å². The van der Waals surface area contributed by atoms with Crippen molar-refractivity contribution in [2.24, 2.45) is 5.92 Å². The van der Waals surface area contributed by atoms with Crippen LogP contribution in [0.15, 0.2) is 18.2 Å². The molecular formula is C14H18O3. The molecule has 3 nitrogen and oxygen atoms in total. The Bertz CT molecular complexity index is 410. The molecule has 2 unspecified atom stereocenters. The molecule has 1 aromatic rings. The van der Waals surface area contributed by atoms with E-state index in [2.05, 4.69) is 0 Å². The van der Waals surface area contributed by atoms with Crippen LogP contribution in [0.3, 0.4) is 0 Å². The van der Waals surface area contributed by atoms with Gasteiger partial charge in [0.25, 0.3) is 0 Å². The van der Waals surface area contributed by atoms with Crippen molar-refractivity contribution in [3.8, 4) is 5.75 Å². The van der Waals surface area contributed by atoms with Gasteiger partial charge in [-0.05, 0) is 25.5 Å². The second-order valence-corrected chi connectivity index (χ2v) is 5.07. The van der Waals surface area contributed by atoms with Crippen LogP contribution in [0.4, 0.5) is 0 Å². The van der Waals surface area contributed by atoms with Gasteiger partial charge in [0.05, 0.1) is 12.7 Å². The Kier molecular flexibility index (Phi) is 2.81. The zero-order valence-electron chi connectivity index (χ0n) is 10.1. The van der Waals surface area contributed by atoms with Crippen LogP contribution in [-0.2, 0) is 4.74 Å². The van der Waals surface area contributed by atoms with E-state index < -0.39 is 6.10 Å². The zero-order valence-corrected chi connectivity index (χ0v) is 10.1. The molecule has 3 atom stereocenters. The number of aliphatic hydroxyl groups is 1. The van der Waals surface area contributed by atoms with Crippen LogP contribution in [0.1, 0.15) is 30.1 Å². The van der Waals surface area contributed by atoms with E-state index in [1.165, 1.54) is 0 Å². The monoisotopic (exact) mass is 234 g/mol. The number of hydrogen-bond acceptors (Lipinski definition) is 3. The van der Waals surface area contributed by atoms with Gasteiger partial charge < -0.3 is 14.6 Å². The number of hydrogen-bond donors (Lipinski definition) is 1. The summed E-state index contributed by atoms with van der Waals surface area (Å²) in [6.07, 6.45) is 1.43. The molecule has 0 amide bonds. The fourth-order valence-corrected chi connectivity index (χ4v) is 2.73. The second kappa shape index (κ2) is 4.31. The minimum absolute atomic E-state index is 0.0997. The van der Waals surface area contributed by atoms with Crippen molar-refractivity contribution in [1.82, 2.24) is 0 Å². The highest BCUT2D eigenvalue weighted by Gasteiger charge is 2.34. The predicted octanol–water partition coefficient (Wildman–Crippen LogP) is 2.22.